The summed E-state index contributed by atoms with van der Waals surface area (Å²) < 4.78 is 47.2. The van der Waals surface area contributed by atoms with Gasteiger partial charge >= 0.3 is 10.1 Å². The summed E-state index contributed by atoms with van der Waals surface area (Å²) in [6, 6.07) is 7.52. The lowest BCUT2D eigenvalue weighted by Crippen LogP contribution is -2.28. The van der Waals surface area contributed by atoms with E-state index < -0.39 is 24.0 Å². The molecule has 0 saturated carbocycles. The quantitative estimate of drug-likeness (QED) is 0.608. The Hall–Kier alpha value is -0.790. The Balaban J connectivity index is 2.98. The van der Waals surface area contributed by atoms with E-state index in [0.29, 0.717) is 0 Å². The predicted molar refractivity (Wildman–Crippen MR) is 60.5 cm³/mol. The molecule has 5 nitrogen and oxygen atoms in total. The first kappa shape index (κ1) is 13.3. The minimum Gasteiger partial charge on any atom is -0.381 e. The first-order valence-corrected chi connectivity index (χ1v) is 7.91. The Morgan fingerprint density at radius 1 is 1.12 bits per heavy atom. The molecule has 0 aliphatic heterocycles. The van der Waals surface area contributed by atoms with Gasteiger partial charge in [-0.05, 0) is 12.1 Å². The molecule has 0 N–H and O–H groups in total. The molecule has 0 radical (unpaired) electrons. The molecular formula is C8H9ClO5S2. The van der Waals surface area contributed by atoms with Crippen LogP contribution in [0.5, 0.6) is 5.75 Å². The minimum absolute atomic E-state index is 0.0109. The summed E-state index contributed by atoms with van der Waals surface area (Å²) in [6.45, 7) is 0. The largest absolute Gasteiger partial charge is 0.381 e. The zero-order valence-electron chi connectivity index (χ0n) is 8.20. The molecule has 90 valence electrons. The fourth-order valence-corrected chi connectivity index (χ4v) is 3.26. The molecule has 0 amide bonds. The van der Waals surface area contributed by atoms with Crippen molar-refractivity contribution in [2.45, 2.75) is 4.04 Å². The van der Waals surface area contributed by atoms with Gasteiger partial charge in [0.2, 0.25) is 0 Å². The Bertz CT molecular complexity index is 549. The lowest BCUT2D eigenvalue weighted by atomic mass is 10.3. The van der Waals surface area contributed by atoms with Gasteiger partial charge in [0, 0.05) is 6.26 Å². The van der Waals surface area contributed by atoms with Gasteiger partial charge in [-0.3, -0.25) is 0 Å². The zero-order valence-corrected chi connectivity index (χ0v) is 10.6. The Labute approximate surface area is 99.0 Å². The Kier molecular flexibility index (Phi) is 3.82. The molecule has 0 heterocycles. The summed E-state index contributed by atoms with van der Waals surface area (Å²) in [5.41, 5.74) is 0. The van der Waals surface area contributed by atoms with Gasteiger partial charge in [-0.25, -0.2) is 8.42 Å². The highest BCUT2D eigenvalue weighted by Crippen LogP contribution is 2.19. The highest BCUT2D eigenvalue weighted by atomic mass is 35.5. The van der Waals surface area contributed by atoms with Crippen molar-refractivity contribution in [3.63, 3.8) is 0 Å². The maximum absolute atomic E-state index is 11.4. The number of para-hydroxylation sites is 1. The van der Waals surface area contributed by atoms with E-state index in [4.69, 9.17) is 11.6 Å². The van der Waals surface area contributed by atoms with Gasteiger partial charge in [0.05, 0.1) is 0 Å². The van der Waals surface area contributed by atoms with Crippen molar-refractivity contribution in [3.8, 4) is 5.75 Å². The van der Waals surface area contributed by atoms with Crippen LogP contribution in [0.3, 0.4) is 0 Å². The lowest BCUT2D eigenvalue weighted by molar-refractivity contribution is 0.487. The van der Waals surface area contributed by atoms with Gasteiger partial charge in [-0.1, -0.05) is 29.8 Å². The smallest absolute Gasteiger partial charge is 0.341 e. The first-order valence-electron chi connectivity index (χ1n) is 4.05. The molecule has 0 fully saturated rings. The molecule has 8 heteroatoms. The number of halogens is 1. The molecule has 16 heavy (non-hydrogen) atoms. The van der Waals surface area contributed by atoms with E-state index in [1.54, 1.807) is 18.2 Å². The van der Waals surface area contributed by atoms with Crippen LogP contribution in [0, 0.1) is 0 Å². The molecule has 0 aromatic heterocycles. The van der Waals surface area contributed by atoms with E-state index in [9.17, 15) is 16.8 Å². The third kappa shape index (κ3) is 3.36. The fraction of sp³-hybridized carbons (Fsp3) is 0.250. The van der Waals surface area contributed by atoms with Crippen LogP contribution < -0.4 is 4.18 Å². The highest BCUT2D eigenvalue weighted by molar-refractivity contribution is 8.08. The van der Waals surface area contributed by atoms with Crippen molar-refractivity contribution < 1.29 is 21.0 Å². The molecule has 0 bridgehead atoms. The summed E-state index contributed by atoms with van der Waals surface area (Å²) in [5.74, 6) is 0.0109. The number of sulfone groups is 1. The van der Waals surface area contributed by atoms with E-state index >= 15 is 0 Å². The molecule has 1 atom stereocenters. The SMILES string of the molecule is CS(=O)(=O)C(Cl)S(=O)(=O)Oc1ccccc1. The van der Waals surface area contributed by atoms with Crippen LogP contribution in [-0.2, 0) is 20.0 Å². The monoisotopic (exact) mass is 284 g/mol. The molecule has 1 unspecified atom stereocenters. The molecular weight excluding hydrogens is 276 g/mol. The van der Waals surface area contributed by atoms with Crippen LogP contribution in [0.4, 0.5) is 0 Å². The standard InChI is InChI=1S/C8H9ClO5S2/c1-15(10,11)8(9)16(12,13)14-7-5-3-2-4-6-7/h2-6,8H,1H3. The summed E-state index contributed by atoms with van der Waals surface area (Å²) >= 11 is 5.30. The van der Waals surface area contributed by atoms with Crippen LogP contribution in [0.1, 0.15) is 0 Å². The van der Waals surface area contributed by atoms with Crippen molar-refractivity contribution in [3.05, 3.63) is 30.3 Å². The second-order valence-corrected chi connectivity index (χ2v) is 8.00. The second-order valence-electron chi connectivity index (χ2n) is 2.99. The highest BCUT2D eigenvalue weighted by Gasteiger charge is 2.34. The predicted octanol–water partition coefficient (Wildman–Crippen LogP) is 0.962. The summed E-state index contributed by atoms with van der Waals surface area (Å²) in [6.07, 6.45) is 0.719. The average Bonchev–Trinajstić information content (AvgIpc) is 2.16. The Morgan fingerprint density at radius 3 is 2.06 bits per heavy atom. The molecule has 0 aliphatic rings. The summed E-state index contributed by atoms with van der Waals surface area (Å²) in [5, 5.41) is 0. The van der Waals surface area contributed by atoms with Crippen LogP contribution in [0.15, 0.2) is 30.3 Å². The van der Waals surface area contributed by atoms with Gasteiger partial charge in [0.25, 0.3) is 4.04 Å². The molecule has 0 saturated heterocycles. The van der Waals surface area contributed by atoms with Gasteiger partial charge in [-0.15, -0.1) is 0 Å². The molecule has 1 aromatic carbocycles. The molecule has 0 spiro atoms. The third-order valence-corrected chi connectivity index (χ3v) is 6.45. The number of hydrogen-bond acceptors (Lipinski definition) is 5. The normalized spacial score (nSPS) is 14.4. The second kappa shape index (κ2) is 4.60. The summed E-state index contributed by atoms with van der Waals surface area (Å²) in [7, 11) is -8.32. The van der Waals surface area contributed by atoms with Crippen molar-refractivity contribution >= 4 is 31.6 Å². The van der Waals surface area contributed by atoms with E-state index in [2.05, 4.69) is 4.18 Å². The zero-order chi connectivity index (χ0) is 12.4. The van der Waals surface area contributed by atoms with Crippen molar-refractivity contribution in [1.29, 1.82) is 0 Å². The topological polar surface area (TPSA) is 77.5 Å². The van der Waals surface area contributed by atoms with Crippen LogP contribution >= 0.6 is 11.6 Å². The lowest BCUT2D eigenvalue weighted by Gasteiger charge is -2.10. The van der Waals surface area contributed by atoms with Gasteiger partial charge in [0.15, 0.2) is 9.84 Å². The molecule has 1 rings (SSSR count). The van der Waals surface area contributed by atoms with E-state index in [-0.39, 0.29) is 5.75 Å². The first-order chi connectivity index (χ1) is 7.23. The van der Waals surface area contributed by atoms with Gasteiger partial charge < -0.3 is 4.18 Å². The van der Waals surface area contributed by atoms with E-state index in [1.807, 2.05) is 0 Å². The molecule has 1 aromatic rings. The summed E-state index contributed by atoms with van der Waals surface area (Å²) in [4.78, 5) is 0. The van der Waals surface area contributed by atoms with Crippen LogP contribution in [0.25, 0.3) is 0 Å². The van der Waals surface area contributed by atoms with Gasteiger partial charge in [-0.2, -0.15) is 8.42 Å². The van der Waals surface area contributed by atoms with Crippen molar-refractivity contribution in [2.75, 3.05) is 6.26 Å². The minimum atomic E-state index is -4.39. The average molecular weight is 285 g/mol. The third-order valence-electron chi connectivity index (χ3n) is 1.52. The van der Waals surface area contributed by atoms with Crippen molar-refractivity contribution in [2.24, 2.45) is 0 Å². The maximum Gasteiger partial charge on any atom is 0.341 e. The number of alkyl halides is 1. The maximum atomic E-state index is 11.4. The van der Waals surface area contributed by atoms with E-state index in [1.165, 1.54) is 12.1 Å². The van der Waals surface area contributed by atoms with Gasteiger partial charge in [0.1, 0.15) is 5.75 Å². The van der Waals surface area contributed by atoms with E-state index in [0.717, 1.165) is 6.26 Å². The molecule has 0 aliphatic carbocycles. The van der Waals surface area contributed by atoms with Crippen LogP contribution in [0.2, 0.25) is 0 Å². The van der Waals surface area contributed by atoms with Crippen LogP contribution in [-0.4, -0.2) is 27.1 Å². The number of hydrogen-bond donors (Lipinski definition) is 0. The van der Waals surface area contributed by atoms with Crippen molar-refractivity contribution in [1.82, 2.24) is 0 Å². The fourth-order valence-electron chi connectivity index (χ4n) is 0.862. The Morgan fingerprint density at radius 2 is 1.62 bits per heavy atom. The number of benzene rings is 1. The number of rotatable bonds is 4.